The summed E-state index contributed by atoms with van der Waals surface area (Å²) in [4.78, 5) is 5.24. The monoisotopic (exact) mass is 320 g/mol. The van der Waals surface area contributed by atoms with Crippen LogP contribution in [0.25, 0.3) is 10.6 Å². The Labute approximate surface area is 99.5 Å². The molecule has 0 radical (unpaired) electrons. The first-order valence-corrected chi connectivity index (χ1v) is 6.09. The zero-order valence-corrected chi connectivity index (χ0v) is 10.5. The summed E-state index contributed by atoms with van der Waals surface area (Å²) in [7, 11) is 0. The predicted octanol–water partition coefficient (Wildman–Crippen LogP) is 3.03. The molecule has 2 N–H and O–H groups in total. The maximum Gasteiger partial charge on any atom is 0.211 e. The third kappa shape index (κ3) is 1.84. The highest BCUT2D eigenvalue weighted by Gasteiger charge is 2.12. The molecule has 0 aliphatic carbocycles. The highest BCUT2D eigenvalue weighted by Crippen LogP contribution is 2.31. The average Bonchev–Trinajstić information content (AvgIpc) is 2.71. The number of hydrogen-bond acceptors (Lipinski definition) is 4. The van der Waals surface area contributed by atoms with Crippen molar-refractivity contribution in [2.24, 2.45) is 5.73 Å². The van der Waals surface area contributed by atoms with Crippen molar-refractivity contribution < 1.29 is 4.42 Å². The Kier molecular flexibility index (Phi) is 2.89. The van der Waals surface area contributed by atoms with Crippen LogP contribution in [0.3, 0.4) is 0 Å². The molecule has 0 saturated carbocycles. The Morgan fingerprint density at radius 1 is 1.64 bits per heavy atom. The minimum Gasteiger partial charge on any atom is -0.438 e. The smallest absolute Gasteiger partial charge is 0.211 e. The van der Waals surface area contributed by atoms with Crippen molar-refractivity contribution in [1.29, 1.82) is 0 Å². The van der Waals surface area contributed by atoms with Crippen molar-refractivity contribution in [2.45, 2.75) is 13.0 Å². The molecule has 0 amide bonds. The van der Waals surface area contributed by atoms with Crippen LogP contribution in [-0.4, -0.2) is 4.98 Å². The maximum absolute atomic E-state index is 5.66. The van der Waals surface area contributed by atoms with Gasteiger partial charge in [0, 0.05) is 3.57 Å². The Balaban J connectivity index is 2.39. The van der Waals surface area contributed by atoms with E-state index in [1.54, 1.807) is 17.5 Å². The molecule has 2 aromatic heterocycles. The van der Waals surface area contributed by atoms with Gasteiger partial charge in [-0.1, -0.05) is 0 Å². The van der Waals surface area contributed by atoms with Gasteiger partial charge in [-0.15, -0.1) is 11.3 Å². The second-order valence-electron chi connectivity index (χ2n) is 2.95. The van der Waals surface area contributed by atoms with Gasteiger partial charge in [0.25, 0.3) is 0 Å². The minimum atomic E-state index is -0.152. The van der Waals surface area contributed by atoms with E-state index in [1.165, 1.54) is 3.57 Å². The van der Waals surface area contributed by atoms with E-state index in [0.29, 0.717) is 5.89 Å². The molecule has 14 heavy (non-hydrogen) atoms. The van der Waals surface area contributed by atoms with Gasteiger partial charge < -0.3 is 10.2 Å². The largest absolute Gasteiger partial charge is 0.438 e. The average molecular weight is 320 g/mol. The van der Waals surface area contributed by atoms with Crippen LogP contribution in [0, 0.1) is 3.57 Å². The first kappa shape index (κ1) is 10.1. The number of hydrogen-bond donors (Lipinski definition) is 1. The molecule has 0 bridgehead atoms. The van der Waals surface area contributed by atoms with Crippen LogP contribution < -0.4 is 5.73 Å². The van der Waals surface area contributed by atoms with Gasteiger partial charge in [-0.3, -0.25) is 0 Å². The van der Waals surface area contributed by atoms with Crippen molar-refractivity contribution in [3.8, 4) is 10.6 Å². The third-order valence-corrected chi connectivity index (χ3v) is 3.95. The summed E-state index contributed by atoms with van der Waals surface area (Å²) in [5, 5.41) is 2.03. The summed E-state index contributed by atoms with van der Waals surface area (Å²) in [6.45, 7) is 1.86. The summed E-state index contributed by atoms with van der Waals surface area (Å²) in [5.41, 5.74) is 5.66. The SMILES string of the molecule is CC(N)c1ncc(-c2sccc2I)o1. The van der Waals surface area contributed by atoms with Gasteiger partial charge in [0.1, 0.15) is 0 Å². The van der Waals surface area contributed by atoms with Crippen molar-refractivity contribution in [3.63, 3.8) is 0 Å². The van der Waals surface area contributed by atoms with Crippen LogP contribution in [0.5, 0.6) is 0 Å². The number of rotatable bonds is 2. The Bertz CT molecular complexity index is 435. The van der Waals surface area contributed by atoms with Crippen LogP contribution in [0.2, 0.25) is 0 Å². The molecule has 0 aromatic carbocycles. The van der Waals surface area contributed by atoms with Crippen LogP contribution in [0.1, 0.15) is 18.9 Å². The predicted molar refractivity (Wildman–Crippen MR) is 65.1 cm³/mol. The van der Waals surface area contributed by atoms with Gasteiger partial charge in [0.2, 0.25) is 5.89 Å². The molecule has 0 saturated heterocycles. The van der Waals surface area contributed by atoms with Gasteiger partial charge >= 0.3 is 0 Å². The van der Waals surface area contributed by atoms with Crippen LogP contribution in [0.15, 0.2) is 22.1 Å². The molecule has 74 valence electrons. The Morgan fingerprint density at radius 3 is 2.93 bits per heavy atom. The lowest BCUT2D eigenvalue weighted by molar-refractivity contribution is 0.474. The molecule has 1 atom stereocenters. The summed E-state index contributed by atoms with van der Waals surface area (Å²) in [6, 6.07) is 1.90. The summed E-state index contributed by atoms with van der Waals surface area (Å²) < 4.78 is 6.72. The molecule has 1 unspecified atom stereocenters. The van der Waals surface area contributed by atoms with Crippen molar-refractivity contribution in [3.05, 3.63) is 27.1 Å². The molecule has 0 spiro atoms. The van der Waals surface area contributed by atoms with Crippen molar-refractivity contribution in [2.75, 3.05) is 0 Å². The normalized spacial score (nSPS) is 13.1. The Hall–Kier alpha value is -0.400. The van der Waals surface area contributed by atoms with E-state index in [9.17, 15) is 0 Å². The summed E-state index contributed by atoms with van der Waals surface area (Å²) >= 11 is 3.92. The van der Waals surface area contributed by atoms with E-state index in [2.05, 4.69) is 33.6 Å². The lowest BCUT2D eigenvalue weighted by Gasteiger charge is -1.96. The summed E-state index contributed by atoms with van der Waals surface area (Å²) in [6.07, 6.45) is 1.73. The molecule has 5 heteroatoms. The van der Waals surface area contributed by atoms with E-state index in [1.807, 2.05) is 12.3 Å². The quantitative estimate of drug-likeness (QED) is 0.866. The fraction of sp³-hybridized carbons (Fsp3) is 0.222. The number of oxazole rings is 1. The fourth-order valence-electron chi connectivity index (χ4n) is 1.07. The lowest BCUT2D eigenvalue weighted by atomic mass is 10.4. The first-order chi connectivity index (χ1) is 6.68. The molecular weight excluding hydrogens is 311 g/mol. The lowest BCUT2D eigenvalue weighted by Crippen LogP contribution is -2.04. The van der Waals surface area contributed by atoms with Crippen LogP contribution in [0.4, 0.5) is 0 Å². The third-order valence-electron chi connectivity index (χ3n) is 1.75. The molecule has 2 heterocycles. The van der Waals surface area contributed by atoms with Crippen LogP contribution in [-0.2, 0) is 0 Å². The zero-order valence-electron chi connectivity index (χ0n) is 7.53. The standard InChI is InChI=1S/C9H9IN2OS/c1-5(11)9-12-4-7(13-9)8-6(10)2-3-14-8/h2-5H,11H2,1H3. The molecule has 0 fully saturated rings. The topological polar surface area (TPSA) is 52.0 Å². The van der Waals surface area contributed by atoms with E-state index < -0.39 is 0 Å². The second kappa shape index (κ2) is 4.00. The number of thiophene rings is 1. The van der Waals surface area contributed by atoms with E-state index in [0.717, 1.165) is 10.6 Å². The number of nitrogens with two attached hydrogens (primary N) is 1. The minimum absolute atomic E-state index is 0.152. The van der Waals surface area contributed by atoms with Gasteiger partial charge in [-0.25, -0.2) is 4.98 Å². The molecule has 0 aliphatic rings. The fourth-order valence-corrected chi connectivity index (χ4v) is 2.87. The van der Waals surface area contributed by atoms with Gasteiger partial charge in [0.15, 0.2) is 5.76 Å². The molecule has 2 aromatic rings. The van der Waals surface area contributed by atoms with E-state index in [-0.39, 0.29) is 6.04 Å². The summed E-state index contributed by atoms with van der Waals surface area (Å²) in [5.74, 6) is 1.39. The molecule has 2 rings (SSSR count). The van der Waals surface area contributed by atoms with Crippen molar-refractivity contribution in [1.82, 2.24) is 4.98 Å². The highest BCUT2D eigenvalue weighted by molar-refractivity contribution is 14.1. The zero-order chi connectivity index (χ0) is 10.1. The second-order valence-corrected chi connectivity index (χ2v) is 5.03. The highest BCUT2D eigenvalue weighted by atomic mass is 127. The van der Waals surface area contributed by atoms with Gasteiger partial charge in [-0.2, -0.15) is 0 Å². The van der Waals surface area contributed by atoms with Crippen LogP contribution >= 0.6 is 33.9 Å². The van der Waals surface area contributed by atoms with E-state index in [4.69, 9.17) is 10.2 Å². The number of nitrogens with zero attached hydrogens (tertiary/aromatic N) is 1. The Morgan fingerprint density at radius 2 is 2.43 bits per heavy atom. The van der Waals surface area contributed by atoms with Gasteiger partial charge in [-0.05, 0) is 41.0 Å². The molecule has 0 aliphatic heterocycles. The number of halogens is 1. The molecule has 3 nitrogen and oxygen atoms in total. The van der Waals surface area contributed by atoms with Crippen molar-refractivity contribution >= 4 is 33.9 Å². The maximum atomic E-state index is 5.66. The number of aromatic nitrogens is 1. The molecular formula is C9H9IN2OS. The first-order valence-electron chi connectivity index (χ1n) is 4.13. The van der Waals surface area contributed by atoms with Gasteiger partial charge in [0.05, 0.1) is 17.1 Å². The van der Waals surface area contributed by atoms with E-state index >= 15 is 0 Å².